The number of nitrogen functional groups attached to an aromatic ring is 5. The van der Waals surface area contributed by atoms with Crippen LogP contribution in [0.25, 0.3) is 66.9 Å². The summed E-state index contributed by atoms with van der Waals surface area (Å²) in [6.07, 6.45) is -29.1. The molecule has 9 aliphatic rings. The number of anilines is 5. The van der Waals surface area contributed by atoms with Gasteiger partial charge in [0.1, 0.15) is 132 Å². The van der Waals surface area contributed by atoms with Crippen LogP contribution in [0.3, 0.4) is 0 Å². The second-order valence-corrected chi connectivity index (χ2v) is 40.1. The molecule has 9 aliphatic heterocycles. The van der Waals surface area contributed by atoms with Gasteiger partial charge in [-0.15, -0.1) is 0 Å². The van der Waals surface area contributed by atoms with Gasteiger partial charge in [0.25, 0.3) is 16.7 Å². The lowest BCUT2D eigenvalue weighted by molar-refractivity contribution is -0.0673. The average Bonchev–Trinajstić information content (AvgIpc) is 1.58. The fourth-order valence-electron chi connectivity index (χ4n) is 16.4. The molecule has 738 valence electrons. The van der Waals surface area contributed by atoms with Crippen LogP contribution in [0.1, 0.15) is 43.2 Å². The summed E-state index contributed by atoms with van der Waals surface area (Å²) in [4.78, 5) is 156. The molecular weight excluding hydrogens is 2000 g/mol. The summed E-state index contributed by atoms with van der Waals surface area (Å²) >= 11 is 6.17. The molecule has 73 heteroatoms. The molecule has 0 saturated carbocycles. The van der Waals surface area contributed by atoms with Crippen LogP contribution >= 0.6 is 58.5 Å². The molecular formula is C64H74ClFN26O39P6. The first-order valence-corrected chi connectivity index (χ1v) is 49.1. The van der Waals surface area contributed by atoms with E-state index < -0.39 is 256 Å². The number of ether oxygens (including phenoxy) is 6. The lowest BCUT2D eigenvalue weighted by atomic mass is 10.1. The largest absolute Gasteiger partial charge is 0.472 e. The number of H-pyrrole nitrogens is 3. The minimum Gasteiger partial charge on any atom is -0.398 e. The summed E-state index contributed by atoms with van der Waals surface area (Å²) in [5, 5.41) is 66.7. The number of hydrogen-bond acceptors (Lipinski definition) is 50. The number of fused-ring (bicyclic) bond motifs is 15. The average molecular weight is 2070 g/mol. The zero-order chi connectivity index (χ0) is 97.2. The number of aliphatic hydroxyl groups excluding tert-OH is 6. The minimum absolute atomic E-state index is 0.0367. The Labute approximate surface area is 760 Å². The van der Waals surface area contributed by atoms with E-state index in [1.807, 2.05) is 0 Å². The first kappa shape index (κ1) is 96.2. The van der Waals surface area contributed by atoms with Gasteiger partial charge in [0, 0.05) is 24.3 Å². The Morgan fingerprint density at radius 3 is 1.03 bits per heavy atom. The second-order valence-electron chi connectivity index (χ2n) is 31.2. The predicted molar refractivity (Wildman–Crippen MR) is 442 cm³/mol. The summed E-state index contributed by atoms with van der Waals surface area (Å²) < 4.78 is 198. The van der Waals surface area contributed by atoms with E-state index in [1.54, 1.807) is 6.92 Å². The lowest BCUT2D eigenvalue weighted by Crippen LogP contribution is -2.36. The van der Waals surface area contributed by atoms with Crippen LogP contribution in [0.15, 0.2) is 76.7 Å². The Balaban J connectivity index is 0.000000132. The van der Waals surface area contributed by atoms with Crippen molar-refractivity contribution in [2.24, 2.45) is 0 Å². The Kier molecular flexibility index (Phi) is 25.4. The number of nitrogens with one attached hydrogen (secondary N) is 3. The first-order valence-electron chi connectivity index (χ1n) is 39.7. The summed E-state index contributed by atoms with van der Waals surface area (Å²) in [7, 11) is -30.6. The van der Waals surface area contributed by atoms with Gasteiger partial charge in [-0.2, -0.15) is 15.0 Å². The van der Waals surface area contributed by atoms with E-state index in [-0.39, 0.29) is 107 Å². The number of aryl methyl sites for hydroxylation is 1. The molecule has 0 radical (unpaired) electrons. The number of aromatic nitrogens is 21. The summed E-state index contributed by atoms with van der Waals surface area (Å²) in [5.41, 5.74) is 26.5. The Bertz CT molecular complexity index is 7240. The van der Waals surface area contributed by atoms with E-state index in [0.717, 1.165) is 43.4 Å². The van der Waals surface area contributed by atoms with E-state index in [4.69, 9.17) is 123 Å². The number of phosphoric ester groups is 6. The highest BCUT2D eigenvalue weighted by Gasteiger charge is 2.59. The van der Waals surface area contributed by atoms with Gasteiger partial charge in [0.15, 0.2) is 93.8 Å². The molecule has 137 heavy (non-hydrogen) atoms. The third-order valence-electron chi connectivity index (χ3n) is 22.5. The van der Waals surface area contributed by atoms with Crippen molar-refractivity contribution in [1.82, 2.24) is 102 Å². The standard InChI is InChI=1S/C22H25FN8O13P2.C21H23ClN8O13P2.C21H26N10O13P2/c23-7-3-30(17-11(7)8(24)1-2-26-17)20-14(33)15-10(42-20)5-40-46(37,38)44-16-13(32)9(4-39-45(35,36)43-15)41-21(16)31-6-27-12-18(31)28-22(25)29-19(12)34;22-7-1-2-24-16-10(7)25-5-29(16)19-13(32)14-9(41-19)4-39-45(36,37)43-15-12(31)8(3-38-44(34,35)42-14)40-20(15)30-6-26-11-17(30)27-21(23)28-18(11)33;1-6-26-15(22)9-16(27-6)30(4-24-9)19-12(33)13-8(42-19)3-40-46(37,38)44-14-11(32)7(2-39-45(35,36)43-13)41-20(14)31-5-25-10-17(31)28-21(23)29-18(10)34/h1-3,6,9-10,13-16,20-21,32-33H,4-5H2,(H2,24,26)(H,35,36)(H,37,38)(H3,25,28,29,34);1-2,5-6,8-9,12-15,19-20,31-32H,3-4H2,(H,34,35)(H,36,37)(H3,23,27,28,33);4-5,7-8,11-14,19-20,32-33H,2-3H2,1H3,(H,35,36)(H,37,38)(H2,22,26,27)(H3,23,28,29,34)/t9-,10-,13-,14-,15-,16-,20-,21-;8-,9-,12-,13-,14-,15-,19-,20-;7-,8-,11-,12-,13-,14-,19-,20-/m111/s1. The molecule has 0 spiro atoms. The van der Waals surface area contributed by atoms with Crippen molar-refractivity contribution in [1.29, 1.82) is 0 Å². The van der Waals surface area contributed by atoms with Gasteiger partial charge in [-0.05, 0) is 19.1 Å². The molecule has 21 rings (SSSR count). The molecule has 0 aromatic carbocycles. The molecule has 9 saturated heterocycles. The Morgan fingerprint density at radius 1 is 0.365 bits per heavy atom. The fraction of sp³-hybridized carbons (Fsp3) is 0.484. The number of hydrogen-bond donors (Lipinski definition) is 20. The molecule has 6 unspecified atom stereocenters. The first-order chi connectivity index (χ1) is 64.8. The lowest BCUT2D eigenvalue weighted by Gasteiger charge is -2.25. The monoisotopic (exact) mass is 2070 g/mol. The maximum atomic E-state index is 14.8. The zero-order valence-corrected chi connectivity index (χ0v) is 74.8. The van der Waals surface area contributed by atoms with Gasteiger partial charge in [-0.25, -0.2) is 76.6 Å². The Hall–Kier alpha value is -9.69. The topological polar surface area (TPSA) is 924 Å². The minimum atomic E-state index is -5.16. The summed E-state index contributed by atoms with van der Waals surface area (Å²) in [6, 6.07) is 2.85. The highest BCUT2D eigenvalue weighted by Crippen LogP contribution is 2.59. The van der Waals surface area contributed by atoms with Crippen molar-refractivity contribution in [2.45, 2.75) is 154 Å². The number of aromatic amines is 3. The van der Waals surface area contributed by atoms with Gasteiger partial charge >= 0.3 is 46.9 Å². The van der Waals surface area contributed by atoms with Crippen LogP contribution in [0.5, 0.6) is 0 Å². The molecule has 0 amide bonds. The SMILES string of the molecule is Cc1nc(N)c2ncn([C@@H]3O[C@@H]4COP(=O)(O)O[C@@H]5[C@H](O)[C@@H](COP(=O)(O)O[C@H]4[C@H]3O)O[C@H]5n3cnc4c(=O)[nH]c(N)nc43)c2n1.Nc1nc2c(ncn2[C@@H]2O[C@@H]3COP(=O)(O)O[C@H]4[C@@H](O)[C@H](n5cc(F)c6c(N)ccnc65)O[C@@H]4COP(=O)(O)O[C@@H]2[C@@H]3O)c(=O)[nH]1.Nc1nc2c(ncn2[C@@H]2O[C@@H]3COP(=O)(O)O[C@H]4[C@@H](O)[C@H](n5cnc6c(Cl)ccnc65)O[C@@H]4COP(=O)(O)O[C@@H]2[C@@H]3O)c(=O)[nH]1. The maximum absolute atomic E-state index is 14.8. The number of halogens is 2. The molecule has 12 aromatic heterocycles. The van der Waals surface area contributed by atoms with E-state index in [1.165, 1.54) is 46.3 Å². The van der Waals surface area contributed by atoms with E-state index in [0.29, 0.717) is 0 Å². The maximum Gasteiger partial charge on any atom is 0.472 e. The van der Waals surface area contributed by atoms with Crippen molar-refractivity contribution in [3.05, 3.63) is 110 Å². The summed E-state index contributed by atoms with van der Waals surface area (Å²) in [6.45, 7) is -3.47. The number of imidazole rings is 5. The van der Waals surface area contributed by atoms with Gasteiger partial charge in [-0.3, -0.25) is 106 Å². The molecule has 25 N–H and O–H groups in total. The third kappa shape index (κ3) is 18.4. The van der Waals surface area contributed by atoms with Crippen molar-refractivity contribution in [3.8, 4) is 0 Å². The molecule has 9 fully saturated rings. The molecule has 30 atom stereocenters. The smallest absolute Gasteiger partial charge is 0.398 e. The van der Waals surface area contributed by atoms with Crippen LogP contribution in [0.4, 0.5) is 33.7 Å². The molecule has 12 aromatic rings. The number of aliphatic hydroxyl groups is 6. The van der Waals surface area contributed by atoms with Crippen LogP contribution in [0.2, 0.25) is 5.02 Å². The molecule has 21 heterocycles. The van der Waals surface area contributed by atoms with Crippen molar-refractivity contribution in [2.75, 3.05) is 68.3 Å². The highest BCUT2D eigenvalue weighted by molar-refractivity contribution is 7.48. The van der Waals surface area contributed by atoms with Gasteiger partial charge < -0.3 is 122 Å². The third-order valence-corrected chi connectivity index (χ3v) is 28.7. The Morgan fingerprint density at radius 2 is 0.657 bits per heavy atom. The van der Waals surface area contributed by atoms with Crippen molar-refractivity contribution < 1.29 is 174 Å². The second kappa shape index (κ2) is 36.1. The fourth-order valence-corrected chi connectivity index (χ4v) is 22.3. The number of phosphoric acid groups is 6. The van der Waals surface area contributed by atoms with Crippen LogP contribution < -0.4 is 45.3 Å². The van der Waals surface area contributed by atoms with Crippen molar-refractivity contribution in [3.63, 3.8) is 0 Å². The predicted octanol–water partition coefficient (Wildman–Crippen LogP) is -3.69. The van der Waals surface area contributed by atoms with E-state index in [9.17, 15) is 106 Å². The van der Waals surface area contributed by atoms with Crippen LogP contribution in [-0.4, -0.2) is 312 Å². The van der Waals surface area contributed by atoms with E-state index in [2.05, 4.69) is 74.8 Å². The number of rotatable bonds is 6. The van der Waals surface area contributed by atoms with Crippen LogP contribution in [-0.2, 0) is 110 Å². The zero-order valence-electron chi connectivity index (χ0n) is 68.6. The highest BCUT2D eigenvalue weighted by atomic mass is 35.5. The molecule has 0 aliphatic carbocycles. The van der Waals surface area contributed by atoms with Crippen LogP contribution in [0, 0.1) is 12.7 Å². The van der Waals surface area contributed by atoms with E-state index >= 15 is 0 Å². The van der Waals surface area contributed by atoms with Gasteiger partial charge in [-0.1, -0.05) is 11.6 Å². The van der Waals surface area contributed by atoms with Gasteiger partial charge in [0.05, 0.1) is 81.7 Å². The number of nitrogens with zero attached hydrogens (tertiary/aromatic N) is 18. The quantitative estimate of drug-likeness (QED) is 0.0713. The molecule has 6 bridgehead atoms. The van der Waals surface area contributed by atoms with Crippen molar-refractivity contribution >= 4 is 155 Å². The molecule has 65 nitrogen and oxygen atoms in total. The summed E-state index contributed by atoms with van der Waals surface area (Å²) in [5.74, 6) is -1.34. The van der Waals surface area contributed by atoms with Gasteiger partial charge in [0.2, 0.25) is 17.8 Å². The number of pyridine rings is 2. The normalized spacial score (nSPS) is 37.3. The number of nitrogens with two attached hydrogens (primary N) is 5.